The summed E-state index contributed by atoms with van der Waals surface area (Å²) in [6.07, 6.45) is -0.823. The Hall–Kier alpha value is -3.35. The summed E-state index contributed by atoms with van der Waals surface area (Å²) < 4.78 is 16.0. The third kappa shape index (κ3) is 4.87. The number of fused-ring (bicyclic) bond motifs is 1. The van der Waals surface area contributed by atoms with Crippen molar-refractivity contribution in [2.45, 2.75) is 32.9 Å². The van der Waals surface area contributed by atoms with Crippen LogP contribution in [0.2, 0.25) is 0 Å². The van der Waals surface area contributed by atoms with E-state index in [4.69, 9.17) is 0 Å². The predicted octanol–water partition coefficient (Wildman–Crippen LogP) is 4.64. The number of para-hydroxylation sites is 2. The molecule has 1 unspecified atom stereocenters. The Labute approximate surface area is 192 Å². The molecule has 0 saturated carbocycles. The molecule has 0 amide bonds. The average Bonchev–Trinajstić information content (AvgIpc) is 2.84. The molecule has 33 heavy (non-hydrogen) atoms. The van der Waals surface area contributed by atoms with Gasteiger partial charge in [0.15, 0.2) is 0 Å². The summed E-state index contributed by atoms with van der Waals surface area (Å²) in [4.78, 5) is 20.3. The lowest BCUT2D eigenvalue weighted by Gasteiger charge is -2.20. The minimum absolute atomic E-state index is 0.0726. The second kappa shape index (κ2) is 10.1. The number of aliphatic hydroxyl groups is 1. The third-order valence-electron chi connectivity index (χ3n) is 5.95. The van der Waals surface area contributed by atoms with Gasteiger partial charge in [0.25, 0.3) is 5.56 Å². The lowest BCUT2D eigenvalue weighted by Crippen LogP contribution is -2.26. The largest absolute Gasteiger partial charge is 0.388 e. The van der Waals surface area contributed by atoms with Crippen molar-refractivity contribution in [2.24, 2.45) is 0 Å². The van der Waals surface area contributed by atoms with E-state index >= 15 is 0 Å². The van der Waals surface area contributed by atoms with Gasteiger partial charge in [-0.2, -0.15) is 0 Å². The van der Waals surface area contributed by atoms with Crippen LogP contribution in [0.15, 0.2) is 77.6 Å². The highest BCUT2D eigenvalue weighted by atomic mass is 19.1. The van der Waals surface area contributed by atoms with Gasteiger partial charge in [-0.25, -0.2) is 9.37 Å². The maximum absolute atomic E-state index is 14.7. The van der Waals surface area contributed by atoms with Crippen LogP contribution in [0.1, 0.15) is 36.9 Å². The predicted molar refractivity (Wildman–Crippen MR) is 129 cm³/mol. The number of halogens is 1. The molecular formula is C27H28FN3O2. The van der Waals surface area contributed by atoms with E-state index in [2.05, 4.69) is 23.7 Å². The zero-order valence-electron chi connectivity index (χ0n) is 18.9. The van der Waals surface area contributed by atoms with E-state index in [0.717, 1.165) is 30.8 Å². The molecule has 3 aromatic carbocycles. The van der Waals surface area contributed by atoms with Gasteiger partial charge in [-0.1, -0.05) is 62.4 Å². The van der Waals surface area contributed by atoms with Gasteiger partial charge in [0.1, 0.15) is 11.6 Å². The van der Waals surface area contributed by atoms with Crippen LogP contribution in [0.25, 0.3) is 16.6 Å². The zero-order valence-corrected chi connectivity index (χ0v) is 18.9. The molecular weight excluding hydrogens is 417 g/mol. The molecule has 1 N–H and O–H groups in total. The van der Waals surface area contributed by atoms with E-state index in [1.165, 1.54) is 10.6 Å². The lowest BCUT2D eigenvalue weighted by atomic mass is 10.0. The molecule has 1 aromatic heterocycles. The van der Waals surface area contributed by atoms with Crippen LogP contribution in [0.3, 0.4) is 0 Å². The first kappa shape index (κ1) is 22.8. The maximum Gasteiger partial charge on any atom is 0.266 e. The van der Waals surface area contributed by atoms with Crippen LogP contribution in [-0.2, 0) is 13.0 Å². The van der Waals surface area contributed by atoms with Gasteiger partial charge in [0.2, 0.25) is 0 Å². The van der Waals surface area contributed by atoms with Crippen LogP contribution in [-0.4, -0.2) is 32.6 Å². The average molecular weight is 446 g/mol. The van der Waals surface area contributed by atoms with Gasteiger partial charge in [-0.15, -0.1) is 0 Å². The fraction of sp³-hybridized carbons (Fsp3) is 0.259. The van der Waals surface area contributed by atoms with Crippen LogP contribution in [0, 0.1) is 5.82 Å². The summed E-state index contributed by atoms with van der Waals surface area (Å²) in [7, 11) is 0. The Morgan fingerprint density at radius 3 is 2.48 bits per heavy atom. The van der Waals surface area contributed by atoms with Crippen molar-refractivity contribution in [3.8, 4) is 5.69 Å². The number of aliphatic hydroxyl groups excluding tert-OH is 1. The third-order valence-corrected chi connectivity index (χ3v) is 5.95. The first-order valence-electron chi connectivity index (χ1n) is 11.3. The Morgan fingerprint density at radius 2 is 1.73 bits per heavy atom. The highest BCUT2D eigenvalue weighted by molar-refractivity contribution is 5.77. The molecule has 4 aromatic rings. The van der Waals surface area contributed by atoms with Crippen LogP contribution < -0.4 is 5.56 Å². The summed E-state index contributed by atoms with van der Waals surface area (Å²) in [5, 5.41) is 11.5. The van der Waals surface area contributed by atoms with Crippen molar-refractivity contribution in [1.82, 2.24) is 14.5 Å². The Kier molecular flexibility index (Phi) is 6.96. The van der Waals surface area contributed by atoms with Crippen molar-refractivity contribution in [3.05, 3.63) is 106 Å². The van der Waals surface area contributed by atoms with Gasteiger partial charge in [0.05, 0.1) is 22.7 Å². The van der Waals surface area contributed by atoms with E-state index < -0.39 is 11.9 Å². The minimum Gasteiger partial charge on any atom is -0.388 e. The van der Waals surface area contributed by atoms with E-state index in [1.54, 1.807) is 42.5 Å². The Balaban J connectivity index is 1.75. The fourth-order valence-electron chi connectivity index (χ4n) is 4.09. The molecule has 0 saturated heterocycles. The van der Waals surface area contributed by atoms with Gasteiger partial charge < -0.3 is 5.11 Å². The van der Waals surface area contributed by atoms with Gasteiger partial charge in [0, 0.05) is 13.0 Å². The summed E-state index contributed by atoms with van der Waals surface area (Å²) >= 11 is 0. The SMILES string of the molecule is CCN(CC)Cc1cccc(C(O)Cc2nc3ccccc3c(=O)n2-c2ccccc2F)c1. The second-order valence-electron chi connectivity index (χ2n) is 8.06. The van der Waals surface area contributed by atoms with E-state index in [0.29, 0.717) is 16.7 Å². The van der Waals surface area contributed by atoms with E-state index in [9.17, 15) is 14.3 Å². The first-order chi connectivity index (χ1) is 16.0. The van der Waals surface area contributed by atoms with E-state index in [-0.39, 0.29) is 17.7 Å². The highest BCUT2D eigenvalue weighted by Gasteiger charge is 2.19. The number of hydrogen-bond acceptors (Lipinski definition) is 4. The summed E-state index contributed by atoms with van der Waals surface area (Å²) in [5.41, 5.74) is 2.13. The Morgan fingerprint density at radius 1 is 1.00 bits per heavy atom. The summed E-state index contributed by atoms with van der Waals surface area (Å²) in [6, 6.07) is 20.9. The topological polar surface area (TPSA) is 58.4 Å². The molecule has 1 heterocycles. The van der Waals surface area contributed by atoms with Crippen molar-refractivity contribution < 1.29 is 9.50 Å². The molecule has 0 spiro atoms. The van der Waals surface area contributed by atoms with Crippen molar-refractivity contribution in [2.75, 3.05) is 13.1 Å². The van der Waals surface area contributed by atoms with E-state index in [1.807, 2.05) is 24.3 Å². The smallest absolute Gasteiger partial charge is 0.266 e. The molecule has 0 aliphatic carbocycles. The number of hydrogen-bond donors (Lipinski definition) is 1. The maximum atomic E-state index is 14.7. The normalized spacial score (nSPS) is 12.4. The lowest BCUT2D eigenvalue weighted by molar-refractivity contribution is 0.174. The molecule has 0 fully saturated rings. The summed E-state index contributed by atoms with van der Waals surface area (Å²) in [6.45, 7) is 6.92. The van der Waals surface area contributed by atoms with Crippen LogP contribution >= 0.6 is 0 Å². The van der Waals surface area contributed by atoms with Gasteiger partial charge >= 0.3 is 0 Å². The molecule has 6 heteroatoms. The molecule has 4 rings (SSSR count). The van der Waals surface area contributed by atoms with Crippen molar-refractivity contribution >= 4 is 10.9 Å². The monoisotopic (exact) mass is 445 g/mol. The molecule has 170 valence electrons. The Bertz CT molecular complexity index is 1310. The van der Waals surface area contributed by atoms with Gasteiger partial charge in [-0.3, -0.25) is 14.3 Å². The fourth-order valence-corrected chi connectivity index (χ4v) is 4.09. The number of benzene rings is 3. The molecule has 1 atom stereocenters. The van der Waals surface area contributed by atoms with Crippen LogP contribution in [0.4, 0.5) is 4.39 Å². The minimum atomic E-state index is -0.896. The number of nitrogens with zero attached hydrogens (tertiary/aromatic N) is 3. The van der Waals surface area contributed by atoms with Gasteiger partial charge in [-0.05, 0) is 48.5 Å². The molecule has 5 nitrogen and oxygen atoms in total. The second-order valence-corrected chi connectivity index (χ2v) is 8.06. The number of rotatable bonds is 8. The standard InChI is InChI=1S/C27H28FN3O2/c1-3-30(4-2)18-19-10-9-11-20(16-19)25(32)17-26-29-23-14-7-5-12-21(23)27(33)31(26)24-15-8-6-13-22(24)28/h5-16,25,32H,3-4,17-18H2,1-2H3. The quantitative estimate of drug-likeness (QED) is 0.429. The summed E-state index contributed by atoms with van der Waals surface area (Å²) in [5.74, 6) is -0.209. The van der Waals surface area contributed by atoms with Crippen molar-refractivity contribution in [1.29, 1.82) is 0 Å². The molecule has 0 aliphatic heterocycles. The molecule has 0 bridgehead atoms. The molecule has 0 radical (unpaired) electrons. The highest BCUT2D eigenvalue weighted by Crippen LogP contribution is 2.23. The van der Waals surface area contributed by atoms with Crippen LogP contribution in [0.5, 0.6) is 0 Å². The van der Waals surface area contributed by atoms with Crippen molar-refractivity contribution in [3.63, 3.8) is 0 Å². The first-order valence-corrected chi connectivity index (χ1v) is 11.3. The molecule has 0 aliphatic rings. The number of aromatic nitrogens is 2. The zero-order chi connectivity index (χ0) is 23.4.